The van der Waals surface area contributed by atoms with Gasteiger partial charge in [-0.3, -0.25) is 9.97 Å². The van der Waals surface area contributed by atoms with Crippen molar-refractivity contribution in [3.8, 4) is 23.7 Å². The van der Waals surface area contributed by atoms with Crippen molar-refractivity contribution in [2.24, 2.45) is 0 Å². The maximum absolute atomic E-state index is 4.62. The summed E-state index contributed by atoms with van der Waals surface area (Å²) < 4.78 is 1.82. The van der Waals surface area contributed by atoms with Crippen LogP contribution in [0.2, 0.25) is 0 Å². The minimum Gasteiger partial charge on any atom is -0.263 e. The summed E-state index contributed by atoms with van der Waals surface area (Å²) in [5.74, 6) is 12.7. The lowest BCUT2D eigenvalue weighted by atomic mass is 10.1. The zero-order chi connectivity index (χ0) is 22.3. The molecule has 4 heterocycles. The van der Waals surface area contributed by atoms with E-state index < -0.39 is 0 Å². The first-order valence-electron chi connectivity index (χ1n) is 10.4. The molecule has 0 saturated heterocycles. The maximum Gasteiger partial charge on any atom is 0.115 e. The third kappa shape index (κ3) is 5.28. The van der Waals surface area contributed by atoms with Gasteiger partial charge in [0.25, 0.3) is 0 Å². The molecule has 0 fully saturated rings. The normalized spacial score (nSPS) is 12.1. The molecule has 1 aliphatic rings. The van der Waals surface area contributed by atoms with Crippen LogP contribution in [-0.2, 0) is 6.54 Å². The SMILES string of the molecule is C(#Cc1cc(Cn2cc(C3C=CC=C3)nn2)cc(C#Cc2cccnc2)n1)c1cccnc1. The highest BCUT2D eigenvalue weighted by Crippen LogP contribution is 2.20. The van der Waals surface area contributed by atoms with Crippen LogP contribution in [0, 0.1) is 23.7 Å². The molecule has 5 rings (SSSR count). The van der Waals surface area contributed by atoms with Gasteiger partial charge < -0.3 is 0 Å². The van der Waals surface area contributed by atoms with Crippen molar-refractivity contribution in [3.63, 3.8) is 0 Å². The Hall–Kier alpha value is -4.81. The summed E-state index contributed by atoms with van der Waals surface area (Å²) in [6.45, 7) is 0.540. The lowest BCUT2D eigenvalue weighted by molar-refractivity contribution is 0.648. The fourth-order valence-corrected chi connectivity index (χ4v) is 3.31. The van der Waals surface area contributed by atoms with Crippen LogP contribution in [0.3, 0.4) is 0 Å². The Balaban J connectivity index is 1.46. The minimum absolute atomic E-state index is 0.179. The van der Waals surface area contributed by atoms with Gasteiger partial charge in [0, 0.05) is 48.0 Å². The van der Waals surface area contributed by atoms with Gasteiger partial charge in [-0.1, -0.05) is 41.4 Å². The van der Waals surface area contributed by atoms with Gasteiger partial charge in [-0.05, 0) is 53.8 Å². The van der Waals surface area contributed by atoms with Crippen LogP contribution >= 0.6 is 0 Å². The van der Waals surface area contributed by atoms with E-state index in [4.69, 9.17) is 0 Å². The minimum atomic E-state index is 0.179. The molecule has 0 aromatic carbocycles. The zero-order valence-electron chi connectivity index (χ0n) is 17.6. The Morgan fingerprint density at radius 3 is 2.03 bits per heavy atom. The molecule has 0 N–H and O–H groups in total. The Bertz CT molecular complexity index is 1360. The molecule has 0 spiro atoms. The molecular weight excluding hydrogens is 408 g/mol. The zero-order valence-corrected chi connectivity index (χ0v) is 17.6. The number of aromatic nitrogens is 6. The lowest BCUT2D eigenvalue weighted by Crippen LogP contribution is -2.03. The highest BCUT2D eigenvalue weighted by Gasteiger charge is 2.12. The molecule has 4 aromatic rings. The molecule has 0 atom stereocenters. The van der Waals surface area contributed by atoms with E-state index in [0.29, 0.717) is 17.9 Å². The monoisotopic (exact) mass is 426 g/mol. The molecule has 33 heavy (non-hydrogen) atoms. The predicted octanol–water partition coefficient (Wildman–Crippen LogP) is 3.52. The molecule has 0 saturated carbocycles. The number of hydrogen-bond donors (Lipinski definition) is 0. The Morgan fingerprint density at radius 1 is 0.818 bits per heavy atom. The van der Waals surface area contributed by atoms with Crippen LogP contribution in [0.5, 0.6) is 0 Å². The summed E-state index contributed by atoms with van der Waals surface area (Å²) in [6, 6.07) is 11.4. The van der Waals surface area contributed by atoms with Gasteiger partial charge in [0.2, 0.25) is 0 Å². The van der Waals surface area contributed by atoms with Gasteiger partial charge in [0.05, 0.1) is 12.2 Å². The second kappa shape index (κ2) is 9.55. The average Bonchev–Trinajstić information content (AvgIpc) is 3.55. The van der Waals surface area contributed by atoms with Crippen molar-refractivity contribution < 1.29 is 0 Å². The van der Waals surface area contributed by atoms with Gasteiger partial charge >= 0.3 is 0 Å². The van der Waals surface area contributed by atoms with E-state index in [2.05, 4.69) is 61.1 Å². The molecule has 4 aromatic heterocycles. The first-order chi connectivity index (χ1) is 16.3. The van der Waals surface area contributed by atoms with E-state index in [-0.39, 0.29) is 5.92 Å². The number of pyridine rings is 3. The van der Waals surface area contributed by atoms with Gasteiger partial charge in [-0.15, -0.1) is 5.10 Å². The lowest BCUT2D eigenvalue weighted by Gasteiger charge is -2.03. The van der Waals surface area contributed by atoms with E-state index in [1.165, 1.54) is 0 Å². The molecule has 1 aliphatic carbocycles. The van der Waals surface area contributed by atoms with Gasteiger partial charge in [-0.2, -0.15) is 0 Å². The maximum atomic E-state index is 4.62. The standard InChI is InChI=1S/C27H18N6/c1-2-8-24(7-1)27-20-33(32-31-27)19-23-15-25(11-9-21-5-3-13-28-17-21)30-26(16-23)12-10-22-6-4-14-29-18-22/h1-8,13-18,20,24H,19H2. The van der Waals surface area contributed by atoms with Crippen molar-refractivity contribution in [1.29, 1.82) is 0 Å². The molecule has 0 unspecified atom stereocenters. The quantitative estimate of drug-likeness (QED) is 0.469. The molecule has 0 aliphatic heterocycles. The topological polar surface area (TPSA) is 69.4 Å². The highest BCUT2D eigenvalue weighted by molar-refractivity contribution is 5.45. The van der Waals surface area contributed by atoms with E-state index in [9.17, 15) is 0 Å². The van der Waals surface area contributed by atoms with Crippen molar-refractivity contribution in [1.82, 2.24) is 29.9 Å². The first-order valence-corrected chi connectivity index (χ1v) is 10.4. The average molecular weight is 426 g/mol. The number of rotatable bonds is 3. The summed E-state index contributed by atoms with van der Waals surface area (Å²) in [4.78, 5) is 12.8. The summed E-state index contributed by atoms with van der Waals surface area (Å²) >= 11 is 0. The molecular formula is C27H18N6. The molecule has 0 bridgehead atoms. The summed E-state index contributed by atoms with van der Waals surface area (Å²) in [6.07, 6.45) is 17.1. The van der Waals surface area contributed by atoms with Crippen LogP contribution < -0.4 is 0 Å². The predicted molar refractivity (Wildman–Crippen MR) is 125 cm³/mol. The number of allylic oxidation sites excluding steroid dienone is 4. The third-order valence-electron chi connectivity index (χ3n) is 4.87. The van der Waals surface area contributed by atoms with Crippen LogP contribution in [0.1, 0.15) is 39.7 Å². The van der Waals surface area contributed by atoms with Gasteiger partial charge in [0.1, 0.15) is 11.4 Å². The molecule has 0 radical (unpaired) electrons. The van der Waals surface area contributed by atoms with E-state index in [0.717, 1.165) is 22.4 Å². The Kier molecular flexibility index (Phi) is 5.82. The molecule has 6 heteroatoms. The molecule has 156 valence electrons. The van der Waals surface area contributed by atoms with E-state index >= 15 is 0 Å². The van der Waals surface area contributed by atoms with E-state index in [1.807, 2.05) is 59.4 Å². The number of hydrogen-bond acceptors (Lipinski definition) is 5. The van der Waals surface area contributed by atoms with Crippen LogP contribution in [-0.4, -0.2) is 29.9 Å². The Labute approximate surface area is 191 Å². The van der Waals surface area contributed by atoms with Gasteiger partial charge in [0.15, 0.2) is 0 Å². The smallest absolute Gasteiger partial charge is 0.115 e. The highest BCUT2D eigenvalue weighted by atomic mass is 15.4. The van der Waals surface area contributed by atoms with E-state index in [1.54, 1.807) is 24.8 Å². The third-order valence-corrected chi connectivity index (χ3v) is 4.87. The number of nitrogens with zero attached hydrogens (tertiary/aromatic N) is 6. The fraction of sp³-hybridized carbons (Fsp3) is 0.0741. The first kappa shape index (κ1) is 20.1. The summed E-state index contributed by atoms with van der Waals surface area (Å²) in [7, 11) is 0. The fourth-order valence-electron chi connectivity index (χ4n) is 3.31. The van der Waals surface area contributed by atoms with Gasteiger partial charge in [-0.25, -0.2) is 9.67 Å². The van der Waals surface area contributed by atoms with Crippen molar-refractivity contribution in [3.05, 3.63) is 125 Å². The van der Waals surface area contributed by atoms with Crippen LogP contribution in [0.15, 0.2) is 91.7 Å². The van der Waals surface area contributed by atoms with Crippen LogP contribution in [0.25, 0.3) is 0 Å². The second-order valence-corrected chi connectivity index (χ2v) is 7.37. The van der Waals surface area contributed by atoms with Crippen molar-refractivity contribution in [2.75, 3.05) is 0 Å². The van der Waals surface area contributed by atoms with Crippen molar-refractivity contribution in [2.45, 2.75) is 12.5 Å². The largest absolute Gasteiger partial charge is 0.263 e. The summed E-state index contributed by atoms with van der Waals surface area (Å²) in [5.41, 5.74) is 4.83. The summed E-state index contributed by atoms with van der Waals surface area (Å²) in [5, 5.41) is 8.61. The Morgan fingerprint density at radius 2 is 1.45 bits per heavy atom. The van der Waals surface area contributed by atoms with Crippen molar-refractivity contribution >= 4 is 0 Å². The second-order valence-electron chi connectivity index (χ2n) is 7.37. The molecule has 6 nitrogen and oxygen atoms in total. The molecule has 0 amide bonds. The van der Waals surface area contributed by atoms with Crippen LogP contribution in [0.4, 0.5) is 0 Å².